The SMILES string of the molecule is C[C@H]1CCCC[C@H]1OCCNC(=O)C(C)(C)C1CCC(O)CC1. The van der Waals surface area contributed by atoms with Crippen LogP contribution >= 0.6 is 0 Å². The van der Waals surface area contributed by atoms with Crippen LogP contribution in [0.25, 0.3) is 0 Å². The number of aliphatic hydroxyl groups is 1. The second kappa shape index (κ2) is 8.48. The van der Waals surface area contributed by atoms with Crippen LogP contribution in [0.5, 0.6) is 0 Å². The maximum absolute atomic E-state index is 12.5. The van der Waals surface area contributed by atoms with Gasteiger partial charge in [0.05, 0.1) is 18.8 Å². The molecule has 2 N–H and O–H groups in total. The Balaban J connectivity index is 1.69. The lowest BCUT2D eigenvalue weighted by molar-refractivity contribution is -0.133. The molecule has 0 saturated heterocycles. The van der Waals surface area contributed by atoms with Gasteiger partial charge in [-0.1, -0.05) is 33.6 Å². The monoisotopic (exact) mass is 325 g/mol. The van der Waals surface area contributed by atoms with Crippen molar-refractivity contribution in [1.82, 2.24) is 5.32 Å². The number of carbonyl (C=O) groups excluding carboxylic acids is 1. The summed E-state index contributed by atoms with van der Waals surface area (Å²) in [6, 6.07) is 0. The third kappa shape index (κ3) is 5.18. The lowest BCUT2D eigenvalue weighted by atomic mass is 9.70. The molecule has 4 nitrogen and oxygen atoms in total. The molecule has 0 bridgehead atoms. The van der Waals surface area contributed by atoms with E-state index in [0.29, 0.717) is 31.1 Å². The summed E-state index contributed by atoms with van der Waals surface area (Å²) >= 11 is 0. The summed E-state index contributed by atoms with van der Waals surface area (Å²) in [4.78, 5) is 12.5. The largest absolute Gasteiger partial charge is 0.393 e. The van der Waals surface area contributed by atoms with Crippen LogP contribution in [0.4, 0.5) is 0 Å². The van der Waals surface area contributed by atoms with Gasteiger partial charge < -0.3 is 15.2 Å². The van der Waals surface area contributed by atoms with E-state index in [0.717, 1.165) is 32.1 Å². The van der Waals surface area contributed by atoms with Gasteiger partial charge in [-0.15, -0.1) is 0 Å². The van der Waals surface area contributed by atoms with Gasteiger partial charge in [0.2, 0.25) is 5.91 Å². The molecule has 2 fully saturated rings. The quantitative estimate of drug-likeness (QED) is 0.737. The van der Waals surface area contributed by atoms with E-state index in [1.165, 1.54) is 19.3 Å². The zero-order valence-corrected chi connectivity index (χ0v) is 15.1. The van der Waals surface area contributed by atoms with Gasteiger partial charge >= 0.3 is 0 Å². The highest BCUT2D eigenvalue weighted by Gasteiger charge is 2.38. The average Bonchev–Trinajstić information content (AvgIpc) is 2.53. The van der Waals surface area contributed by atoms with Crippen LogP contribution in [0.1, 0.15) is 72.1 Å². The smallest absolute Gasteiger partial charge is 0.226 e. The molecule has 2 atom stereocenters. The van der Waals surface area contributed by atoms with Crippen molar-refractivity contribution in [1.29, 1.82) is 0 Å². The van der Waals surface area contributed by atoms with E-state index < -0.39 is 0 Å². The van der Waals surface area contributed by atoms with Gasteiger partial charge in [0.25, 0.3) is 0 Å². The fourth-order valence-electron chi connectivity index (χ4n) is 4.12. The number of hydrogen-bond donors (Lipinski definition) is 2. The van der Waals surface area contributed by atoms with Crippen LogP contribution in [-0.2, 0) is 9.53 Å². The summed E-state index contributed by atoms with van der Waals surface area (Å²) in [6.07, 6.45) is 8.74. The number of hydrogen-bond acceptors (Lipinski definition) is 3. The van der Waals surface area contributed by atoms with Crippen LogP contribution in [0.15, 0.2) is 0 Å². The Bertz CT molecular complexity index is 375. The number of aliphatic hydroxyl groups excluding tert-OH is 1. The van der Waals surface area contributed by atoms with E-state index in [-0.39, 0.29) is 17.4 Å². The van der Waals surface area contributed by atoms with Gasteiger partial charge in [-0.3, -0.25) is 4.79 Å². The van der Waals surface area contributed by atoms with E-state index in [2.05, 4.69) is 12.2 Å². The van der Waals surface area contributed by atoms with Crippen LogP contribution in [0.2, 0.25) is 0 Å². The molecule has 134 valence electrons. The molecule has 0 aromatic rings. The Kier molecular flexibility index (Phi) is 6.90. The molecular weight excluding hydrogens is 290 g/mol. The first-order valence-electron chi connectivity index (χ1n) is 9.49. The Morgan fingerprint density at radius 2 is 1.78 bits per heavy atom. The van der Waals surface area contributed by atoms with E-state index in [4.69, 9.17) is 4.74 Å². The first kappa shape index (κ1) is 18.7. The zero-order chi connectivity index (χ0) is 16.9. The van der Waals surface area contributed by atoms with Crippen molar-refractivity contribution in [3.05, 3.63) is 0 Å². The normalized spacial score (nSPS) is 32.5. The topological polar surface area (TPSA) is 58.6 Å². The minimum absolute atomic E-state index is 0.124. The highest BCUT2D eigenvalue weighted by molar-refractivity contribution is 5.82. The molecule has 2 rings (SSSR count). The Morgan fingerprint density at radius 3 is 2.43 bits per heavy atom. The third-order valence-electron chi connectivity index (χ3n) is 6.05. The predicted molar refractivity (Wildman–Crippen MR) is 92.1 cm³/mol. The second-order valence-corrected chi connectivity index (χ2v) is 8.15. The van der Waals surface area contributed by atoms with Gasteiger partial charge in [0.15, 0.2) is 0 Å². The molecule has 2 saturated carbocycles. The van der Waals surface area contributed by atoms with Crippen molar-refractivity contribution in [3.8, 4) is 0 Å². The predicted octanol–water partition coefficient (Wildman–Crippen LogP) is 3.28. The molecule has 1 amide bonds. The Labute approximate surface area is 141 Å². The van der Waals surface area contributed by atoms with Crippen LogP contribution in [0.3, 0.4) is 0 Å². The molecule has 23 heavy (non-hydrogen) atoms. The minimum Gasteiger partial charge on any atom is -0.393 e. The number of carbonyl (C=O) groups is 1. The van der Waals surface area contributed by atoms with Gasteiger partial charge in [0.1, 0.15) is 0 Å². The maximum atomic E-state index is 12.5. The molecule has 0 unspecified atom stereocenters. The third-order valence-corrected chi connectivity index (χ3v) is 6.05. The molecule has 0 aromatic carbocycles. The number of ether oxygens (including phenoxy) is 1. The van der Waals surface area contributed by atoms with Crippen molar-refractivity contribution in [3.63, 3.8) is 0 Å². The number of rotatable bonds is 6. The molecule has 2 aliphatic rings. The molecule has 0 heterocycles. The summed E-state index contributed by atoms with van der Waals surface area (Å²) < 4.78 is 5.97. The summed E-state index contributed by atoms with van der Waals surface area (Å²) in [7, 11) is 0. The van der Waals surface area contributed by atoms with Crippen LogP contribution < -0.4 is 5.32 Å². The van der Waals surface area contributed by atoms with Crippen molar-refractivity contribution in [2.75, 3.05) is 13.2 Å². The standard InChI is InChI=1S/C19H35NO3/c1-14-6-4-5-7-17(14)23-13-12-20-18(22)19(2,3)15-8-10-16(21)11-9-15/h14-17,21H,4-13H2,1-3H3,(H,20,22)/t14-,15?,16?,17+/m0/s1. The summed E-state index contributed by atoms with van der Waals surface area (Å²) in [5, 5.41) is 12.7. The fraction of sp³-hybridized carbons (Fsp3) is 0.947. The van der Waals surface area contributed by atoms with E-state index in [1.54, 1.807) is 0 Å². The summed E-state index contributed by atoms with van der Waals surface area (Å²) in [5.74, 6) is 1.13. The number of amides is 1. The lowest BCUT2D eigenvalue weighted by Crippen LogP contribution is -2.44. The van der Waals surface area contributed by atoms with Gasteiger partial charge in [-0.2, -0.15) is 0 Å². The average molecular weight is 325 g/mol. The molecule has 0 radical (unpaired) electrons. The molecular formula is C19H35NO3. The zero-order valence-electron chi connectivity index (χ0n) is 15.1. The highest BCUT2D eigenvalue weighted by atomic mass is 16.5. The Hall–Kier alpha value is -0.610. The van der Waals surface area contributed by atoms with E-state index in [1.807, 2.05) is 13.8 Å². The fourth-order valence-corrected chi connectivity index (χ4v) is 4.12. The van der Waals surface area contributed by atoms with E-state index >= 15 is 0 Å². The van der Waals surface area contributed by atoms with Crippen molar-refractivity contribution >= 4 is 5.91 Å². The molecule has 0 aliphatic heterocycles. The maximum Gasteiger partial charge on any atom is 0.226 e. The highest BCUT2D eigenvalue weighted by Crippen LogP contribution is 2.38. The van der Waals surface area contributed by atoms with E-state index in [9.17, 15) is 9.90 Å². The van der Waals surface area contributed by atoms with Crippen molar-refractivity contribution in [2.24, 2.45) is 17.3 Å². The number of nitrogens with one attached hydrogen (secondary N) is 1. The van der Waals surface area contributed by atoms with Crippen LogP contribution in [0, 0.1) is 17.3 Å². The molecule has 0 aromatic heterocycles. The van der Waals surface area contributed by atoms with Gasteiger partial charge in [0, 0.05) is 12.0 Å². The lowest BCUT2D eigenvalue weighted by Gasteiger charge is -2.37. The Morgan fingerprint density at radius 1 is 1.13 bits per heavy atom. The summed E-state index contributed by atoms with van der Waals surface area (Å²) in [6.45, 7) is 7.55. The molecule has 2 aliphatic carbocycles. The van der Waals surface area contributed by atoms with Crippen molar-refractivity contribution < 1.29 is 14.6 Å². The molecule has 0 spiro atoms. The summed E-state index contributed by atoms with van der Waals surface area (Å²) in [5.41, 5.74) is -0.363. The molecule has 4 heteroatoms. The van der Waals surface area contributed by atoms with Crippen molar-refractivity contribution in [2.45, 2.75) is 84.3 Å². The van der Waals surface area contributed by atoms with Gasteiger partial charge in [-0.25, -0.2) is 0 Å². The second-order valence-electron chi connectivity index (χ2n) is 8.15. The van der Waals surface area contributed by atoms with Gasteiger partial charge in [-0.05, 0) is 50.4 Å². The first-order chi connectivity index (χ1) is 10.9. The first-order valence-corrected chi connectivity index (χ1v) is 9.49. The minimum atomic E-state index is -0.363. The van der Waals surface area contributed by atoms with Crippen LogP contribution in [-0.4, -0.2) is 36.4 Å².